The summed E-state index contributed by atoms with van der Waals surface area (Å²) in [6, 6.07) is 1.19. The molecule has 0 aromatic rings. The average Bonchev–Trinajstić information content (AvgIpc) is 2.11. The Bertz CT molecular complexity index is 208. The van der Waals surface area contributed by atoms with Crippen LogP contribution in [0.25, 0.3) is 0 Å². The van der Waals surface area contributed by atoms with Gasteiger partial charge in [-0.3, -0.25) is 0 Å². The van der Waals surface area contributed by atoms with Gasteiger partial charge in [0.15, 0.2) is 16.6 Å². The van der Waals surface area contributed by atoms with Gasteiger partial charge in [0.2, 0.25) is 0 Å². The molecular formula is C12H30O2Si2. The molecular weight excluding hydrogens is 232 g/mol. The van der Waals surface area contributed by atoms with Crippen LogP contribution < -0.4 is 0 Å². The first-order valence-corrected chi connectivity index (χ1v) is 12.2. The Balaban J connectivity index is 3.92. The third kappa shape index (κ3) is 5.61. The van der Waals surface area contributed by atoms with Crippen molar-refractivity contribution >= 4 is 16.6 Å². The molecule has 0 amide bonds. The summed E-state index contributed by atoms with van der Waals surface area (Å²) in [5.74, 6) is 0. The van der Waals surface area contributed by atoms with E-state index in [0.717, 1.165) is 13.0 Å². The normalized spacial score (nSPS) is 14.2. The molecule has 0 aromatic heterocycles. The largest absolute Gasteiger partial charge is 0.420 e. The molecule has 0 rings (SSSR count). The summed E-state index contributed by atoms with van der Waals surface area (Å²) in [5, 5.41) is 0.321. The lowest BCUT2D eigenvalue weighted by Crippen LogP contribution is -2.41. The van der Waals surface area contributed by atoms with Crippen LogP contribution in [0.4, 0.5) is 0 Å². The van der Waals surface area contributed by atoms with Gasteiger partial charge in [0.25, 0.3) is 0 Å². The lowest BCUT2D eigenvalue weighted by atomic mass is 10.2. The van der Waals surface area contributed by atoms with E-state index in [4.69, 9.17) is 8.85 Å². The van der Waals surface area contributed by atoms with Crippen LogP contribution in [0.5, 0.6) is 0 Å². The van der Waals surface area contributed by atoms with Crippen LogP contribution >= 0.6 is 0 Å². The molecule has 0 atom stereocenters. The highest BCUT2D eigenvalue weighted by Crippen LogP contribution is 2.36. The third-order valence-electron chi connectivity index (χ3n) is 3.74. The molecule has 0 aliphatic heterocycles. The Morgan fingerprint density at radius 3 is 1.88 bits per heavy atom. The third-order valence-corrected chi connectivity index (χ3v) is 10.9. The molecule has 0 N–H and O–H groups in total. The Morgan fingerprint density at radius 1 is 1.00 bits per heavy atom. The monoisotopic (exact) mass is 262 g/mol. The van der Waals surface area contributed by atoms with Crippen molar-refractivity contribution in [3.63, 3.8) is 0 Å². The van der Waals surface area contributed by atoms with Crippen molar-refractivity contribution in [2.45, 2.75) is 64.5 Å². The lowest BCUT2D eigenvalue weighted by molar-refractivity contribution is 0.284. The second-order valence-corrected chi connectivity index (χ2v) is 15.9. The van der Waals surface area contributed by atoms with Crippen LogP contribution in [-0.2, 0) is 8.85 Å². The van der Waals surface area contributed by atoms with Crippen LogP contribution in [0, 0.1) is 0 Å². The Kier molecular flexibility index (Phi) is 5.93. The molecule has 0 radical (unpaired) electrons. The van der Waals surface area contributed by atoms with Crippen molar-refractivity contribution in [2.75, 3.05) is 13.7 Å². The van der Waals surface area contributed by atoms with Gasteiger partial charge in [-0.15, -0.1) is 0 Å². The molecule has 0 heterocycles. The second-order valence-electron chi connectivity index (χ2n) is 6.68. The molecule has 0 aliphatic rings. The van der Waals surface area contributed by atoms with Crippen molar-refractivity contribution in [2.24, 2.45) is 0 Å². The maximum Gasteiger partial charge on any atom is 0.191 e. The Labute approximate surface area is 104 Å². The van der Waals surface area contributed by atoms with E-state index in [2.05, 4.69) is 47.0 Å². The van der Waals surface area contributed by atoms with Gasteiger partial charge < -0.3 is 8.85 Å². The van der Waals surface area contributed by atoms with Crippen molar-refractivity contribution in [1.82, 2.24) is 0 Å². The van der Waals surface area contributed by atoms with E-state index in [0.29, 0.717) is 5.04 Å². The molecule has 0 fully saturated rings. The van der Waals surface area contributed by atoms with Gasteiger partial charge in [0, 0.05) is 13.7 Å². The van der Waals surface area contributed by atoms with E-state index in [1.54, 1.807) is 0 Å². The van der Waals surface area contributed by atoms with Gasteiger partial charge in [-0.2, -0.15) is 0 Å². The van der Waals surface area contributed by atoms with E-state index >= 15 is 0 Å². The van der Waals surface area contributed by atoms with Crippen molar-refractivity contribution in [3.8, 4) is 0 Å². The molecule has 4 heteroatoms. The maximum atomic E-state index is 6.14. The van der Waals surface area contributed by atoms with E-state index in [9.17, 15) is 0 Å². The highest BCUT2D eigenvalue weighted by molar-refractivity contribution is 6.74. The van der Waals surface area contributed by atoms with Gasteiger partial charge in [-0.1, -0.05) is 20.8 Å². The standard InChI is InChI=1S/C12H30O2Si2/c1-12(2,3)16(7,8)14-10-9-11-15(5,6)13-4/h9-11H2,1-8H3. The summed E-state index contributed by atoms with van der Waals surface area (Å²) in [4.78, 5) is 0. The van der Waals surface area contributed by atoms with Gasteiger partial charge in [0.1, 0.15) is 0 Å². The summed E-state index contributed by atoms with van der Waals surface area (Å²) in [6.07, 6.45) is 1.14. The van der Waals surface area contributed by atoms with Crippen molar-refractivity contribution < 1.29 is 8.85 Å². The molecule has 0 aromatic carbocycles. The van der Waals surface area contributed by atoms with Crippen molar-refractivity contribution in [1.29, 1.82) is 0 Å². The molecule has 0 aliphatic carbocycles. The molecule has 0 saturated heterocycles. The zero-order valence-electron chi connectivity index (χ0n) is 12.4. The summed E-state index contributed by atoms with van der Waals surface area (Å²) in [7, 11) is -1.09. The minimum atomic E-state index is -1.54. The summed E-state index contributed by atoms with van der Waals surface area (Å²) < 4.78 is 11.7. The molecule has 0 saturated carbocycles. The predicted molar refractivity (Wildman–Crippen MR) is 77.1 cm³/mol. The summed E-state index contributed by atoms with van der Waals surface area (Å²) in [5.41, 5.74) is 0. The highest BCUT2D eigenvalue weighted by atomic mass is 28.4. The molecule has 0 spiro atoms. The van der Waals surface area contributed by atoms with Crippen LogP contribution in [0.2, 0.25) is 37.3 Å². The van der Waals surface area contributed by atoms with Crippen LogP contribution in [0.1, 0.15) is 27.2 Å². The average molecular weight is 263 g/mol. The quantitative estimate of drug-likeness (QED) is 0.526. The SMILES string of the molecule is CO[Si](C)(C)CCCO[Si](C)(C)C(C)(C)C. The summed E-state index contributed by atoms with van der Waals surface area (Å²) >= 11 is 0. The van der Waals surface area contributed by atoms with Crippen LogP contribution in [-0.4, -0.2) is 30.4 Å². The molecule has 2 nitrogen and oxygen atoms in total. The zero-order chi connectivity index (χ0) is 13.0. The topological polar surface area (TPSA) is 18.5 Å². The first kappa shape index (κ1) is 16.4. The minimum absolute atomic E-state index is 0.321. The van der Waals surface area contributed by atoms with Crippen molar-refractivity contribution in [3.05, 3.63) is 0 Å². The van der Waals surface area contributed by atoms with Gasteiger partial charge >= 0.3 is 0 Å². The van der Waals surface area contributed by atoms with Gasteiger partial charge in [0.05, 0.1) is 0 Å². The first-order valence-electron chi connectivity index (χ1n) is 6.21. The van der Waals surface area contributed by atoms with E-state index < -0.39 is 16.6 Å². The lowest BCUT2D eigenvalue weighted by Gasteiger charge is -2.36. The molecule has 16 heavy (non-hydrogen) atoms. The zero-order valence-corrected chi connectivity index (χ0v) is 14.4. The van der Waals surface area contributed by atoms with E-state index in [1.165, 1.54) is 6.04 Å². The Morgan fingerprint density at radius 2 is 1.50 bits per heavy atom. The fourth-order valence-electron chi connectivity index (χ4n) is 1.14. The van der Waals surface area contributed by atoms with Crippen LogP contribution in [0.3, 0.4) is 0 Å². The fraction of sp³-hybridized carbons (Fsp3) is 1.00. The van der Waals surface area contributed by atoms with Gasteiger partial charge in [-0.25, -0.2) is 0 Å². The van der Waals surface area contributed by atoms with Crippen LogP contribution in [0.15, 0.2) is 0 Å². The first-order chi connectivity index (χ1) is 7.02. The number of hydrogen-bond acceptors (Lipinski definition) is 2. The van der Waals surface area contributed by atoms with E-state index in [1.807, 2.05) is 7.11 Å². The summed E-state index contributed by atoms with van der Waals surface area (Å²) in [6.45, 7) is 16.9. The van der Waals surface area contributed by atoms with Gasteiger partial charge in [-0.05, 0) is 43.7 Å². The second kappa shape index (κ2) is 5.80. The molecule has 98 valence electrons. The Hall–Kier alpha value is 0.354. The number of rotatable bonds is 6. The molecule has 0 bridgehead atoms. The molecule has 0 unspecified atom stereocenters. The highest BCUT2D eigenvalue weighted by Gasteiger charge is 2.36. The fourth-order valence-corrected chi connectivity index (χ4v) is 3.43. The van der Waals surface area contributed by atoms with E-state index in [-0.39, 0.29) is 0 Å². The predicted octanol–water partition coefficient (Wildman–Crippen LogP) is 4.25. The number of hydrogen-bond donors (Lipinski definition) is 0. The maximum absolute atomic E-state index is 6.14. The smallest absolute Gasteiger partial charge is 0.191 e. The minimum Gasteiger partial charge on any atom is -0.420 e.